The molecule has 2 amide bonds. The van der Waals surface area contributed by atoms with E-state index in [0.29, 0.717) is 30.0 Å². The van der Waals surface area contributed by atoms with Gasteiger partial charge in [-0.1, -0.05) is 0 Å². The van der Waals surface area contributed by atoms with Crippen molar-refractivity contribution in [3.05, 3.63) is 31.3 Å². The summed E-state index contributed by atoms with van der Waals surface area (Å²) in [7, 11) is 0. The largest absolute Gasteiger partial charge is 0.336 e. The summed E-state index contributed by atoms with van der Waals surface area (Å²) >= 11 is 7.05. The van der Waals surface area contributed by atoms with Crippen LogP contribution in [0.2, 0.25) is 0 Å². The number of halogens is 5. The van der Waals surface area contributed by atoms with Crippen LogP contribution in [0.5, 0.6) is 0 Å². The molecule has 2 aromatic rings. The van der Waals surface area contributed by atoms with Crippen LogP contribution in [0.25, 0.3) is 10.2 Å². The Balaban J connectivity index is 1.84. The first-order valence-electron chi connectivity index (χ1n) is 9.63. The zero-order valence-corrected chi connectivity index (χ0v) is 17.9. The minimum Gasteiger partial charge on any atom is -0.336 e. The van der Waals surface area contributed by atoms with E-state index in [-0.39, 0.29) is 22.8 Å². The minimum atomic E-state index is -4.27. The van der Waals surface area contributed by atoms with Crippen molar-refractivity contribution in [1.29, 1.82) is 0 Å². The van der Waals surface area contributed by atoms with Gasteiger partial charge in [-0.2, -0.15) is 0 Å². The Kier molecular flexibility index (Phi) is 5.57. The second kappa shape index (κ2) is 7.80. The van der Waals surface area contributed by atoms with Crippen molar-refractivity contribution in [3.8, 4) is 0 Å². The summed E-state index contributed by atoms with van der Waals surface area (Å²) in [6, 6.07) is -0.841. The molecule has 0 radical (unpaired) electrons. The molecule has 2 aromatic heterocycles. The fraction of sp³-hybridized carbons (Fsp3) is 0.611. The summed E-state index contributed by atoms with van der Waals surface area (Å²) in [5.74, 6) is -4.27. The second-order valence-corrected chi connectivity index (χ2v) is 9.37. The lowest BCUT2D eigenvalue weighted by molar-refractivity contribution is -0.134. The lowest BCUT2D eigenvalue weighted by Crippen LogP contribution is -2.41. The highest BCUT2D eigenvalue weighted by molar-refractivity contribution is 7.18. The molecule has 7 nitrogen and oxygen atoms in total. The Morgan fingerprint density at radius 1 is 1.29 bits per heavy atom. The highest BCUT2D eigenvalue weighted by Gasteiger charge is 2.42. The van der Waals surface area contributed by atoms with E-state index in [2.05, 4.69) is 5.32 Å². The smallest absolute Gasteiger partial charge is 0.332 e. The maximum absolute atomic E-state index is 13.6. The predicted octanol–water partition coefficient (Wildman–Crippen LogP) is 2.90. The van der Waals surface area contributed by atoms with Gasteiger partial charge in [-0.05, 0) is 18.9 Å². The Hall–Kier alpha value is -2.08. The topological polar surface area (TPSA) is 76.3 Å². The fourth-order valence-electron chi connectivity index (χ4n) is 3.68. The van der Waals surface area contributed by atoms with Crippen molar-refractivity contribution >= 4 is 39.2 Å². The molecule has 4 rings (SSSR count). The third kappa shape index (κ3) is 3.84. The van der Waals surface area contributed by atoms with Crippen LogP contribution < -0.4 is 16.6 Å². The third-order valence-electron chi connectivity index (χ3n) is 5.62. The predicted molar refractivity (Wildman–Crippen MR) is 108 cm³/mol. The van der Waals surface area contributed by atoms with Gasteiger partial charge >= 0.3 is 24.1 Å². The average molecular weight is 483 g/mol. The summed E-state index contributed by atoms with van der Waals surface area (Å²) in [6.07, 6.45) is -4.75. The third-order valence-corrected chi connectivity index (χ3v) is 7.39. The lowest BCUT2D eigenvalue weighted by atomic mass is 10.2. The van der Waals surface area contributed by atoms with Crippen molar-refractivity contribution in [1.82, 2.24) is 19.4 Å². The van der Waals surface area contributed by atoms with Crippen LogP contribution in [-0.2, 0) is 13.1 Å². The van der Waals surface area contributed by atoms with Crippen LogP contribution in [-0.4, -0.2) is 50.9 Å². The van der Waals surface area contributed by atoms with Crippen molar-refractivity contribution < 1.29 is 22.4 Å². The highest BCUT2D eigenvalue weighted by Crippen LogP contribution is 2.40. The van der Waals surface area contributed by atoms with Crippen LogP contribution in [0.4, 0.5) is 22.4 Å². The highest BCUT2D eigenvalue weighted by atomic mass is 35.5. The molecule has 0 spiro atoms. The molecular formula is C18H19ClF4N4O3S. The molecule has 1 N–H and O–H groups in total. The minimum absolute atomic E-state index is 0.134. The van der Waals surface area contributed by atoms with Crippen LogP contribution >= 0.6 is 22.9 Å². The number of aromatic nitrogens is 2. The number of hydrogen-bond donors (Lipinski definition) is 1. The Morgan fingerprint density at radius 3 is 2.52 bits per heavy atom. The molecular weight excluding hydrogens is 464 g/mol. The number of amides is 2. The van der Waals surface area contributed by atoms with Crippen LogP contribution in [0.1, 0.15) is 29.3 Å². The molecule has 2 aliphatic rings. The van der Waals surface area contributed by atoms with Crippen LogP contribution in [0, 0.1) is 6.92 Å². The molecule has 2 fully saturated rings. The van der Waals surface area contributed by atoms with E-state index in [0.717, 1.165) is 20.5 Å². The molecule has 170 valence electrons. The zero-order valence-electron chi connectivity index (χ0n) is 16.3. The number of carbonyl (C=O) groups is 1. The number of aryl methyl sites for hydroxylation is 2. The van der Waals surface area contributed by atoms with Gasteiger partial charge < -0.3 is 10.2 Å². The molecule has 13 heteroatoms. The molecule has 1 saturated heterocycles. The standard InChI is InChI=1S/C18H19ClF4N4O3S/c1-8-11(7-25-5-3-24-16(25)29)31-14-12(8)13(28)27(10-6-9(10)19)17(30)26(14)4-2-18(22,23)15(20)21/h9-10,15H,2-7H2,1H3,(H,24,29). The first kappa shape index (κ1) is 22.1. The van der Waals surface area contributed by atoms with E-state index >= 15 is 0 Å². The van der Waals surface area contributed by atoms with Crippen molar-refractivity contribution in [3.63, 3.8) is 0 Å². The number of nitrogens with zero attached hydrogens (tertiary/aromatic N) is 3. The van der Waals surface area contributed by atoms with Gasteiger partial charge in [0, 0.05) is 30.9 Å². The molecule has 0 bridgehead atoms. The van der Waals surface area contributed by atoms with Gasteiger partial charge in [0.1, 0.15) is 4.83 Å². The van der Waals surface area contributed by atoms with Gasteiger partial charge in [-0.15, -0.1) is 22.9 Å². The molecule has 1 saturated carbocycles. The summed E-state index contributed by atoms with van der Waals surface area (Å²) in [5.41, 5.74) is -0.905. The summed E-state index contributed by atoms with van der Waals surface area (Å²) in [4.78, 5) is 40.3. The van der Waals surface area contributed by atoms with Crippen LogP contribution in [0.3, 0.4) is 0 Å². The van der Waals surface area contributed by atoms with E-state index < -0.39 is 48.0 Å². The summed E-state index contributed by atoms with van der Waals surface area (Å²) in [6.45, 7) is 2.08. The van der Waals surface area contributed by atoms with Gasteiger partial charge in [-0.25, -0.2) is 27.2 Å². The number of rotatable bonds is 7. The number of urea groups is 1. The van der Waals surface area contributed by atoms with E-state index in [9.17, 15) is 31.9 Å². The summed E-state index contributed by atoms with van der Waals surface area (Å²) < 4.78 is 54.3. The van der Waals surface area contributed by atoms with Gasteiger partial charge in [0.15, 0.2) is 0 Å². The van der Waals surface area contributed by atoms with E-state index in [1.54, 1.807) is 6.92 Å². The van der Waals surface area contributed by atoms with E-state index in [4.69, 9.17) is 11.6 Å². The van der Waals surface area contributed by atoms with E-state index in [1.165, 1.54) is 4.90 Å². The maximum Gasteiger partial charge on any atom is 0.332 e. The van der Waals surface area contributed by atoms with Crippen molar-refractivity contribution in [2.75, 3.05) is 13.1 Å². The number of thiophene rings is 1. The molecule has 3 heterocycles. The molecule has 0 aromatic carbocycles. The first-order chi connectivity index (χ1) is 14.5. The quantitative estimate of drug-likeness (QED) is 0.487. The van der Waals surface area contributed by atoms with Gasteiger partial charge in [-0.3, -0.25) is 13.9 Å². The molecule has 1 aliphatic heterocycles. The number of alkyl halides is 5. The van der Waals surface area contributed by atoms with Crippen LogP contribution in [0.15, 0.2) is 9.59 Å². The van der Waals surface area contributed by atoms with Crippen molar-refractivity contribution in [2.45, 2.75) is 56.6 Å². The van der Waals surface area contributed by atoms with Gasteiger partial charge in [0.25, 0.3) is 5.56 Å². The molecule has 2 atom stereocenters. The molecule has 31 heavy (non-hydrogen) atoms. The summed E-state index contributed by atoms with van der Waals surface area (Å²) in [5, 5.41) is 2.38. The zero-order chi connectivity index (χ0) is 22.7. The number of carbonyl (C=O) groups excluding carboxylic acids is 1. The van der Waals surface area contributed by atoms with Gasteiger partial charge in [0.05, 0.1) is 23.3 Å². The maximum atomic E-state index is 13.6. The monoisotopic (exact) mass is 482 g/mol. The normalized spacial score (nSPS) is 21.4. The Morgan fingerprint density at radius 2 is 1.97 bits per heavy atom. The number of fused-ring (bicyclic) bond motifs is 1. The fourth-order valence-corrected chi connectivity index (χ4v) is 5.30. The number of nitrogens with one attached hydrogen (secondary N) is 1. The van der Waals surface area contributed by atoms with Crippen molar-refractivity contribution in [2.24, 2.45) is 0 Å². The average Bonchev–Trinajstić information content (AvgIpc) is 3.10. The Labute approximate surface area is 182 Å². The van der Waals surface area contributed by atoms with E-state index in [1.807, 2.05) is 0 Å². The second-order valence-electron chi connectivity index (χ2n) is 7.72. The first-order valence-corrected chi connectivity index (χ1v) is 10.9. The Bertz CT molecular complexity index is 1160. The number of hydrogen-bond acceptors (Lipinski definition) is 4. The molecule has 2 unspecified atom stereocenters. The lowest BCUT2D eigenvalue weighted by Gasteiger charge is -2.17. The van der Waals surface area contributed by atoms with Gasteiger partial charge in [0.2, 0.25) is 0 Å². The SMILES string of the molecule is Cc1c(CN2CCNC2=O)sc2c1c(=O)n(C1CC1Cl)c(=O)n2CCC(F)(F)C(F)F. The molecule has 1 aliphatic carbocycles.